The first-order chi connectivity index (χ1) is 12.1. The van der Waals surface area contributed by atoms with E-state index in [9.17, 15) is 10.2 Å². The first-order valence-corrected chi connectivity index (χ1v) is 7.64. The zero-order valence-corrected chi connectivity index (χ0v) is 14.2. The van der Waals surface area contributed by atoms with E-state index in [2.05, 4.69) is 4.98 Å². The smallest absolute Gasteiger partial charge is 0.203 e. The minimum atomic E-state index is -0.119. The Morgan fingerprint density at radius 3 is 2.32 bits per heavy atom. The highest BCUT2D eigenvalue weighted by molar-refractivity contribution is 5.89. The number of nitrogens with zero attached hydrogens (tertiary/aromatic N) is 1. The Morgan fingerprint density at radius 2 is 1.68 bits per heavy atom. The molecule has 25 heavy (non-hydrogen) atoms. The van der Waals surface area contributed by atoms with Gasteiger partial charge in [-0.3, -0.25) is 4.98 Å². The molecule has 3 aromatic rings. The maximum Gasteiger partial charge on any atom is 0.203 e. The zero-order valence-electron chi connectivity index (χ0n) is 14.2. The van der Waals surface area contributed by atoms with Crippen molar-refractivity contribution >= 4 is 10.9 Å². The molecule has 6 heteroatoms. The van der Waals surface area contributed by atoms with Gasteiger partial charge in [0, 0.05) is 22.7 Å². The molecule has 3 rings (SSSR count). The van der Waals surface area contributed by atoms with E-state index in [4.69, 9.17) is 14.2 Å². The molecule has 0 saturated heterocycles. The van der Waals surface area contributed by atoms with Gasteiger partial charge in [0.05, 0.1) is 27.9 Å². The van der Waals surface area contributed by atoms with Gasteiger partial charge in [0.15, 0.2) is 17.2 Å². The number of methoxy groups -OCH3 is 3. The highest BCUT2D eigenvalue weighted by atomic mass is 16.5. The van der Waals surface area contributed by atoms with E-state index in [1.54, 1.807) is 31.5 Å². The largest absolute Gasteiger partial charge is 0.504 e. The molecule has 0 bridgehead atoms. The Morgan fingerprint density at radius 1 is 0.920 bits per heavy atom. The van der Waals surface area contributed by atoms with Gasteiger partial charge in [-0.05, 0) is 23.8 Å². The fourth-order valence-electron chi connectivity index (χ4n) is 2.84. The van der Waals surface area contributed by atoms with Crippen molar-refractivity contribution in [3.05, 3.63) is 42.1 Å². The van der Waals surface area contributed by atoms with Crippen molar-refractivity contribution in [2.75, 3.05) is 21.3 Å². The van der Waals surface area contributed by atoms with Gasteiger partial charge in [0.2, 0.25) is 5.75 Å². The second-order valence-corrected chi connectivity index (χ2v) is 5.44. The topological polar surface area (TPSA) is 81.0 Å². The van der Waals surface area contributed by atoms with Crippen LogP contribution in [0.5, 0.6) is 23.0 Å². The first kappa shape index (κ1) is 16.9. The number of aromatic hydroxyl groups is 1. The van der Waals surface area contributed by atoms with Gasteiger partial charge in [0.25, 0.3) is 0 Å². The summed E-state index contributed by atoms with van der Waals surface area (Å²) in [6, 6.07) is 9.00. The number of benzene rings is 2. The highest BCUT2D eigenvalue weighted by Crippen LogP contribution is 2.41. The van der Waals surface area contributed by atoms with Gasteiger partial charge in [0.1, 0.15) is 5.52 Å². The van der Waals surface area contributed by atoms with E-state index in [1.165, 1.54) is 14.2 Å². The van der Waals surface area contributed by atoms with Crippen LogP contribution in [0.15, 0.2) is 36.5 Å². The normalized spacial score (nSPS) is 10.7. The third-order valence-corrected chi connectivity index (χ3v) is 4.06. The number of rotatable bonds is 5. The Labute approximate surface area is 145 Å². The summed E-state index contributed by atoms with van der Waals surface area (Å²) >= 11 is 0. The molecule has 130 valence electrons. The molecule has 0 unspecified atom stereocenters. The standard InChI is InChI=1S/C19H19NO5/c1-23-16-8-13(7-15(22)19(16)25-3)14-6-11-4-5-12(10-21)18(24-2)17(11)20-9-14/h4-9,21-22H,10H2,1-3H3. The van der Waals surface area contributed by atoms with E-state index in [-0.39, 0.29) is 18.1 Å². The lowest BCUT2D eigenvalue weighted by atomic mass is 10.0. The van der Waals surface area contributed by atoms with E-state index in [0.717, 1.165) is 16.5 Å². The van der Waals surface area contributed by atoms with Crippen molar-refractivity contribution in [3.8, 4) is 34.1 Å². The van der Waals surface area contributed by atoms with Gasteiger partial charge < -0.3 is 24.4 Å². The van der Waals surface area contributed by atoms with Gasteiger partial charge in [-0.2, -0.15) is 0 Å². The lowest BCUT2D eigenvalue weighted by Crippen LogP contribution is -1.95. The average molecular weight is 341 g/mol. The van der Waals surface area contributed by atoms with Gasteiger partial charge in [-0.15, -0.1) is 0 Å². The molecule has 0 atom stereocenters. The number of hydrogen-bond donors (Lipinski definition) is 2. The summed E-state index contributed by atoms with van der Waals surface area (Å²) in [7, 11) is 4.54. The molecule has 0 fully saturated rings. The molecule has 0 aliphatic carbocycles. The molecule has 2 aromatic carbocycles. The second-order valence-electron chi connectivity index (χ2n) is 5.44. The number of phenolic OH excluding ortho intramolecular Hbond substituents is 1. The summed E-state index contributed by atoms with van der Waals surface area (Å²) in [5.41, 5.74) is 2.90. The van der Waals surface area contributed by atoms with Crippen molar-refractivity contribution in [1.82, 2.24) is 4.98 Å². The quantitative estimate of drug-likeness (QED) is 0.742. The monoisotopic (exact) mass is 341 g/mol. The summed E-state index contributed by atoms with van der Waals surface area (Å²) in [5.74, 6) is 1.27. The molecule has 0 saturated carbocycles. The van der Waals surface area contributed by atoms with Gasteiger partial charge in [-0.25, -0.2) is 0 Å². The number of fused-ring (bicyclic) bond motifs is 1. The van der Waals surface area contributed by atoms with Crippen molar-refractivity contribution in [3.63, 3.8) is 0 Å². The summed E-state index contributed by atoms with van der Waals surface area (Å²) in [5, 5.41) is 20.4. The summed E-state index contributed by atoms with van der Waals surface area (Å²) in [6.45, 7) is -0.119. The molecule has 0 radical (unpaired) electrons. The minimum absolute atomic E-state index is 0.00911. The molecule has 0 aliphatic rings. The van der Waals surface area contributed by atoms with E-state index in [1.807, 2.05) is 12.1 Å². The number of aromatic nitrogens is 1. The molecule has 1 heterocycles. The second kappa shape index (κ2) is 6.86. The first-order valence-electron chi connectivity index (χ1n) is 7.64. The van der Waals surface area contributed by atoms with Crippen molar-refractivity contribution in [2.24, 2.45) is 0 Å². The number of aliphatic hydroxyl groups excluding tert-OH is 1. The Kier molecular flexibility index (Phi) is 4.63. The van der Waals surface area contributed by atoms with Crippen molar-refractivity contribution in [1.29, 1.82) is 0 Å². The van der Waals surface area contributed by atoms with E-state index >= 15 is 0 Å². The SMILES string of the molecule is COc1cc(-c2cnc3c(OC)c(CO)ccc3c2)cc(O)c1OC. The van der Waals surface area contributed by atoms with Gasteiger partial charge in [-0.1, -0.05) is 12.1 Å². The van der Waals surface area contributed by atoms with Crippen LogP contribution >= 0.6 is 0 Å². The Balaban J connectivity index is 2.16. The predicted molar refractivity (Wildman–Crippen MR) is 94.4 cm³/mol. The number of ether oxygens (including phenoxy) is 3. The third-order valence-electron chi connectivity index (χ3n) is 4.06. The third kappa shape index (κ3) is 2.92. The van der Waals surface area contributed by atoms with Crippen LogP contribution in [-0.2, 0) is 6.61 Å². The molecular formula is C19H19NO5. The predicted octanol–water partition coefficient (Wildman–Crippen LogP) is 3.13. The summed E-state index contributed by atoms with van der Waals surface area (Å²) in [4.78, 5) is 4.47. The summed E-state index contributed by atoms with van der Waals surface area (Å²) < 4.78 is 15.8. The van der Waals surface area contributed by atoms with Crippen LogP contribution < -0.4 is 14.2 Å². The molecule has 0 amide bonds. The lowest BCUT2D eigenvalue weighted by molar-refractivity contribution is 0.274. The van der Waals surface area contributed by atoms with Crippen LogP contribution in [0.4, 0.5) is 0 Å². The molecular weight excluding hydrogens is 322 g/mol. The van der Waals surface area contributed by atoms with Crippen LogP contribution in [0.25, 0.3) is 22.0 Å². The maximum absolute atomic E-state index is 10.2. The van der Waals surface area contributed by atoms with Crippen molar-refractivity contribution < 1.29 is 24.4 Å². The molecule has 1 aromatic heterocycles. The van der Waals surface area contributed by atoms with Crippen LogP contribution in [0, 0.1) is 0 Å². The maximum atomic E-state index is 10.2. The fraction of sp³-hybridized carbons (Fsp3) is 0.211. The Hall–Kier alpha value is -2.99. The van der Waals surface area contributed by atoms with Crippen LogP contribution in [0.3, 0.4) is 0 Å². The van der Waals surface area contributed by atoms with E-state index < -0.39 is 0 Å². The number of phenols is 1. The lowest BCUT2D eigenvalue weighted by Gasteiger charge is -2.13. The van der Waals surface area contributed by atoms with Crippen LogP contribution in [0.2, 0.25) is 0 Å². The zero-order chi connectivity index (χ0) is 18.0. The molecule has 0 aliphatic heterocycles. The minimum Gasteiger partial charge on any atom is -0.504 e. The molecule has 6 nitrogen and oxygen atoms in total. The number of hydrogen-bond acceptors (Lipinski definition) is 6. The number of pyridine rings is 1. The van der Waals surface area contributed by atoms with Crippen molar-refractivity contribution in [2.45, 2.75) is 6.61 Å². The molecule has 2 N–H and O–H groups in total. The van der Waals surface area contributed by atoms with Gasteiger partial charge >= 0.3 is 0 Å². The fourth-order valence-corrected chi connectivity index (χ4v) is 2.84. The number of aliphatic hydroxyl groups is 1. The van der Waals surface area contributed by atoms with E-state index in [0.29, 0.717) is 22.6 Å². The Bertz CT molecular complexity index is 923. The van der Waals surface area contributed by atoms with Crippen LogP contribution in [0.1, 0.15) is 5.56 Å². The highest BCUT2D eigenvalue weighted by Gasteiger charge is 2.14. The van der Waals surface area contributed by atoms with Crippen LogP contribution in [-0.4, -0.2) is 36.5 Å². The molecule has 0 spiro atoms. The summed E-state index contributed by atoms with van der Waals surface area (Å²) in [6.07, 6.45) is 1.69. The average Bonchev–Trinajstić information content (AvgIpc) is 2.65.